The van der Waals surface area contributed by atoms with Gasteiger partial charge in [-0.05, 0) is 32.1 Å². The van der Waals surface area contributed by atoms with E-state index in [0.717, 1.165) is 12.8 Å². The summed E-state index contributed by atoms with van der Waals surface area (Å²) in [4.78, 5) is 35.5. The van der Waals surface area contributed by atoms with Crippen LogP contribution in [0.4, 0.5) is 0 Å². The average Bonchev–Trinajstić information content (AvgIpc) is 2.82. The topological polar surface area (TPSA) is 115 Å². The van der Waals surface area contributed by atoms with Crippen LogP contribution in [0.1, 0.15) is 105 Å². The zero-order valence-electron chi connectivity index (χ0n) is 22.7. The van der Waals surface area contributed by atoms with Gasteiger partial charge in [-0.25, -0.2) is 0 Å². The molecule has 0 heterocycles. The molecule has 0 saturated heterocycles. The molecule has 0 aliphatic rings. The molecule has 7 heteroatoms. The van der Waals surface area contributed by atoms with Crippen LogP contribution < -0.4 is 5.11 Å². The van der Waals surface area contributed by atoms with Crippen molar-refractivity contribution in [2.45, 2.75) is 105 Å². The summed E-state index contributed by atoms with van der Waals surface area (Å²) in [5, 5.41) is 31.2. The van der Waals surface area contributed by atoms with E-state index in [-0.39, 0.29) is 24.1 Å². The molecule has 0 amide bonds. The Morgan fingerprint density at radius 3 is 1.54 bits per heavy atom. The quantitative estimate of drug-likeness (QED) is 0.118. The number of carboxylic acid groups (broad SMARTS) is 3. The third kappa shape index (κ3) is 14.3. The van der Waals surface area contributed by atoms with Crippen LogP contribution in [0.5, 0.6) is 0 Å². The summed E-state index contributed by atoms with van der Waals surface area (Å²) >= 11 is 0. The molecule has 0 aromatic heterocycles. The van der Waals surface area contributed by atoms with E-state index in [0.29, 0.717) is 32.2 Å². The summed E-state index contributed by atoms with van der Waals surface area (Å²) in [6.07, 6.45) is 15.8. The number of rotatable bonds is 23. The Morgan fingerprint density at radius 1 is 0.686 bits per heavy atom. The van der Waals surface area contributed by atoms with E-state index in [2.05, 4.69) is 19.1 Å². The molecule has 3 atom stereocenters. The van der Waals surface area contributed by atoms with Gasteiger partial charge in [-0.2, -0.15) is 0 Å². The van der Waals surface area contributed by atoms with Crippen molar-refractivity contribution in [2.75, 3.05) is 26.2 Å². The van der Waals surface area contributed by atoms with Crippen LogP contribution in [0.25, 0.3) is 0 Å². The highest BCUT2D eigenvalue weighted by atomic mass is 16.4. The van der Waals surface area contributed by atoms with Gasteiger partial charge in [0.15, 0.2) is 0 Å². The van der Waals surface area contributed by atoms with Crippen LogP contribution in [-0.2, 0) is 14.4 Å². The standard InChI is InChI=1S/C28H51NO6/c1-5-9-10-11-12-13-14-15-16-17-18-19-29(20-23(6-2)26(30)31,21-24(7-3)27(32)33)22-25(8-4)28(34)35/h16-17,23-25H,5-15,18-22H2,1-4H3,(H2-,30,31,32,33,34,35)/b17-16+. The van der Waals surface area contributed by atoms with E-state index in [1.807, 2.05) is 0 Å². The molecule has 2 N–H and O–H groups in total. The molecular formula is C28H51NO6. The van der Waals surface area contributed by atoms with Crippen LogP contribution >= 0.6 is 0 Å². The second kappa shape index (κ2) is 19.3. The van der Waals surface area contributed by atoms with E-state index in [4.69, 9.17) is 0 Å². The predicted octanol–water partition coefficient (Wildman–Crippen LogP) is 4.89. The van der Waals surface area contributed by atoms with Gasteiger partial charge in [0, 0.05) is 12.3 Å². The molecule has 204 valence electrons. The smallest absolute Gasteiger partial charge is 0.312 e. The number of nitrogens with zero attached hydrogens (tertiary/aromatic N) is 1. The highest BCUT2D eigenvalue weighted by Gasteiger charge is 2.38. The predicted molar refractivity (Wildman–Crippen MR) is 138 cm³/mol. The van der Waals surface area contributed by atoms with Crippen LogP contribution in [0.15, 0.2) is 12.2 Å². The molecule has 0 rings (SSSR count). The zero-order chi connectivity index (χ0) is 26.7. The van der Waals surface area contributed by atoms with Crippen molar-refractivity contribution in [1.82, 2.24) is 0 Å². The second-order valence-electron chi connectivity index (χ2n) is 10.1. The summed E-state index contributed by atoms with van der Waals surface area (Å²) in [5.74, 6) is -5.06. The molecule has 0 aromatic rings. The van der Waals surface area contributed by atoms with Crippen LogP contribution in [0.2, 0.25) is 0 Å². The number of carbonyl (C=O) groups excluding carboxylic acids is 1. The largest absolute Gasteiger partial charge is 0.550 e. The molecule has 35 heavy (non-hydrogen) atoms. The summed E-state index contributed by atoms with van der Waals surface area (Å²) in [5.41, 5.74) is 0. The zero-order valence-corrected chi connectivity index (χ0v) is 22.7. The van der Waals surface area contributed by atoms with Crippen LogP contribution in [-0.4, -0.2) is 58.8 Å². The highest BCUT2D eigenvalue weighted by Crippen LogP contribution is 2.24. The minimum atomic E-state index is -1.16. The minimum absolute atomic E-state index is 0.171. The maximum Gasteiger partial charge on any atom is 0.312 e. The van der Waals surface area contributed by atoms with Crippen molar-refractivity contribution in [2.24, 2.45) is 17.8 Å². The van der Waals surface area contributed by atoms with Crippen LogP contribution in [0, 0.1) is 17.8 Å². The number of hydrogen-bond donors (Lipinski definition) is 2. The summed E-state index contributed by atoms with van der Waals surface area (Å²) in [7, 11) is 0. The molecular weight excluding hydrogens is 446 g/mol. The molecule has 0 spiro atoms. The van der Waals surface area contributed by atoms with E-state index >= 15 is 0 Å². The first-order valence-corrected chi connectivity index (χ1v) is 13.8. The van der Waals surface area contributed by atoms with Gasteiger partial charge < -0.3 is 24.6 Å². The Kier molecular flexibility index (Phi) is 18.3. The monoisotopic (exact) mass is 497 g/mol. The SMILES string of the molecule is CCCCCCCCC/C=C/CC[N+](CC(CC)C(=O)[O-])(CC(CC)C(=O)O)CC(CC)C(=O)O. The molecule has 0 radical (unpaired) electrons. The van der Waals surface area contributed by atoms with Gasteiger partial charge in [-0.3, -0.25) is 9.59 Å². The normalized spacial score (nSPS) is 16.0. The van der Waals surface area contributed by atoms with Crippen molar-refractivity contribution < 1.29 is 34.2 Å². The lowest BCUT2D eigenvalue weighted by atomic mass is 9.96. The number of hydrogen-bond acceptors (Lipinski definition) is 4. The number of aliphatic carboxylic acids is 3. The Morgan fingerprint density at radius 2 is 1.11 bits per heavy atom. The molecule has 0 aromatic carbocycles. The minimum Gasteiger partial charge on any atom is -0.550 e. The number of allylic oxidation sites excluding steroid dienone is 1. The van der Waals surface area contributed by atoms with E-state index < -0.39 is 35.7 Å². The van der Waals surface area contributed by atoms with Crippen molar-refractivity contribution in [3.8, 4) is 0 Å². The van der Waals surface area contributed by atoms with Crippen LogP contribution in [0.3, 0.4) is 0 Å². The van der Waals surface area contributed by atoms with Gasteiger partial charge >= 0.3 is 11.9 Å². The second-order valence-corrected chi connectivity index (χ2v) is 10.1. The molecule has 3 unspecified atom stereocenters. The van der Waals surface area contributed by atoms with Crippen molar-refractivity contribution in [3.63, 3.8) is 0 Å². The lowest BCUT2D eigenvalue weighted by Crippen LogP contribution is -2.59. The first-order chi connectivity index (χ1) is 16.7. The first-order valence-electron chi connectivity index (χ1n) is 13.8. The van der Waals surface area contributed by atoms with Crippen molar-refractivity contribution >= 4 is 17.9 Å². The molecule has 0 bridgehead atoms. The van der Waals surface area contributed by atoms with Gasteiger partial charge in [0.2, 0.25) is 0 Å². The Labute approximate surface area is 213 Å². The number of carboxylic acids is 3. The average molecular weight is 498 g/mol. The van der Waals surface area contributed by atoms with E-state index in [1.54, 1.807) is 20.8 Å². The summed E-state index contributed by atoms with van der Waals surface area (Å²) in [6.45, 7) is 8.77. The van der Waals surface area contributed by atoms with Gasteiger partial charge in [0.05, 0.1) is 32.1 Å². The molecule has 0 saturated carbocycles. The summed E-state index contributed by atoms with van der Waals surface area (Å²) < 4.78 is 0.171. The number of unbranched alkanes of at least 4 members (excludes halogenated alkanes) is 7. The fourth-order valence-electron chi connectivity index (χ4n) is 4.84. The molecule has 0 fully saturated rings. The van der Waals surface area contributed by atoms with Crippen molar-refractivity contribution in [3.05, 3.63) is 12.2 Å². The van der Waals surface area contributed by atoms with Gasteiger partial charge in [-0.15, -0.1) is 0 Å². The first kappa shape index (κ1) is 33.1. The Bertz CT molecular complexity index is 573. The van der Waals surface area contributed by atoms with E-state index in [9.17, 15) is 29.7 Å². The van der Waals surface area contributed by atoms with Crippen molar-refractivity contribution in [1.29, 1.82) is 0 Å². The Hall–Kier alpha value is -1.89. The lowest BCUT2D eigenvalue weighted by Gasteiger charge is -2.44. The summed E-state index contributed by atoms with van der Waals surface area (Å²) in [6, 6.07) is 0. The van der Waals surface area contributed by atoms with Gasteiger partial charge in [0.1, 0.15) is 11.8 Å². The fraction of sp³-hybridized carbons (Fsp3) is 0.821. The third-order valence-electron chi connectivity index (χ3n) is 7.24. The number of carbonyl (C=O) groups is 3. The lowest BCUT2D eigenvalue weighted by molar-refractivity contribution is -0.934. The molecule has 0 aliphatic heterocycles. The molecule has 0 aliphatic carbocycles. The Balaban J connectivity index is 5.45. The molecule has 7 nitrogen and oxygen atoms in total. The van der Waals surface area contributed by atoms with E-state index in [1.165, 1.54) is 38.5 Å². The fourth-order valence-corrected chi connectivity index (χ4v) is 4.84. The van der Waals surface area contributed by atoms with Gasteiger partial charge in [-0.1, -0.05) is 78.4 Å². The maximum atomic E-state index is 11.9. The van der Waals surface area contributed by atoms with Gasteiger partial charge in [0.25, 0.3) is 0 Å². The highest BCUT2D eigenvalue weighted by molar-refractivity contribution is 5.70. The maximum absolute atomic E-state index is 11.9. The third-order valence-corrected chi connectivity index (χ3v) is 7.24. The number of quaternary nitrogens is 1.